The van der Waals surface area contributed by atoms with Crippen molar-refractivity contribution in [2.45, 2.75) is 6.92 Å². The molecular formula is C16H17FN2O. The van der Waals surface area contributed by atoms with Gasteiger partial charge in [-0.2, -0.15) is 0 Å². The number of nitrogens with one attached hydrogen (secondary N) is 1. The summed E-state index contributed by atoms with van der Waals surface area (Å²) in [5.74, 6) is -0.758. The molecule has 0 saturated carbocycles. The lowest BCUT2D eigenvalue weighted by Crippen LogP contribution is -2.15. The van der Waals surface area contributed by atoms with Crippen LogP contribution in [0.1, 0.15) is 15.9 Å². The third-order valence-corrected chi connectivity index (χ3v) is 3.06. The lowest BCUT2D eigenvalue weighted by Gasteiger charge is -2.16. The number of aryl methyl sites for hydroxylation is 1. The highest BCUT2D eigenvalue weighted by atomic mass is 19.1. The number of hydrogen-bond acceptors (Lipinski definition) is 2. The minimum absolute atomic E-state index is 0.187. The first kappa shape index (κ1) is 14.1. The second-order valence-electron chi connectivity index (χ2n) is 4.83. The summed E-state index contributed by atoms with van der Waals surface area (Å²) in [5, 5.41) is 2.57. The molecule has 0 atom stereocenters. The molecule has 0 aliphatic carbocycles. The summed E-state index contributed by atoms with van der Waals surface area (Å²) in [6.07, 6.45) is 0. The fourth-order valence-electron chi connectivity index (χ4n) is 2.06. The summed E-state index contributed by atoms with van der Waals surface area (Å²) in [4.78, 5) is 14.1. The molecule has 104 valence electrons. The first-order valence-corrected chi connectivity index (χ1v) is 6.33. The summed E-state index contributed by atoms with van der Waals surface area (Å²) >= 11 is 0. The van der Waals surface area contributed by atoms with Crippen molar-refractivity contribution in [2.75, 3.05) is 24.3 Å². The third-order valence-electron chi connectivity index (χ3n) is 3.06. The van der Waals surface area contributed by atoms with E-state index in [-0.39, 0.29) is 11.6 Å². The van der Waals surface area contributed by atoms with Gasteiger partial charge in [-0.1, -0.05) is 12.1 Å². The summed E-state index contributed by atoms with van der Waals surface area (Å²) < 4.78 is 13.5. The van der Waals surface area contributed by atoms with Gasteiger partial charge in [-0.15, -0.1) is 0 Å². The first-order chi connectivity index (χ1) is 9.49. The van der Waals surface area contributed by atoms with E-state index in [0.717, 1.165) is 11.3 Å². The van der Waals surface area contributed by atoms with E-state index in [2.05, 4.69) is 5.32 Å². The maximum atomic E-state index is 13.5. The van der Waals surface area contributed by atoms with Gasteiger partial charge in [0.2, 0.25) is 0 Å². The number of benzene rings is 2. The second kappa shape index (κ2) is 5.74. The van der Waals surface area contributed by atoms with E-state index in [1.54, 1.807) is 24.3 Å². The van der Waals surface area contributed by atoms with E-state index in [1.165, 1.54) is 12.1 Å². The number of rotatable bonds is 3. The molecule has 2 aromatic carbocycles. The van der Waals surface area contributed by atoms with Crippen molar-refractivity contribution in [1.29, 1.82) is 0 Å². The van der Waals surface area contributed by atoms with Crippen molar-refractivity contribution in [2.24, 2.45) is 0 Å². The van der Waals surface area contributed by atoms with Crippen LogP contribution >= 0.6 is 0 Å². The molecule has 1 N–H and O–H groups in total. The van der Waals surface area contributed by atoms with Crippen LogP contribution in [0.25, 0.3) is 0 Å². The largest absolute Gasteiger partial charge is 0.377 e. The molecule has 0 radical (unpaired) electrons. The molecule has 4 heteroatoms. The molecule has 3 nitrogen and oxygen atoms in total. The highest BCUT2D eigenvalue weighted by Crippen LogP contribution is 2.20. The Labute approximate surface area is 118 Å². The molecule has 2 aromatic rings. The Morgan fingerprint density at radius 3 is 2.45 bits per heavy atom. The number of para-hydroxylation sites is 1. The first-order valence-electron chi connectivity index (χ1n) is 6.33. The normalized spacial score (nSPS) is 10.2. The molecule has 2 rings (SSSR count). The Morgan fingerprint density at radius 2 is 1.85 bits per heavy atom. The molecule has 0 bridgehead atoms. The zero-order valence-corrected chi connectivity index (χ0v) is 11.8. The van der Waals surface area contributed by atoms with E-state index >= 15 is 0 Å². The highest BCUT2D eigenvalue weighted by molar-refractivity contribution is 6.04. The zero-order valence-electron chi connectivity index (χ0n) is 11.8. The molecule has 0 aliphatic rings. The number of carbonyl (C=O) groups is 1. The van der Waals surface area contributed by atoms with E-state index in [4.69, 9.17) is 0 Å². The van der Waals surface area contributed by atoms with Crippen molar-refractivity contribution >= 4 is 17.3 Å². The van der Waals surface area contributed by atoms with Crippen molar-refractivity contribution in [1.82, 2.24) is 0 Å². The molecule has 0 aromatic heterocycles. The van der Waals surface area contributed by atoms with Gasteiger partial charge in [-0.05, 0) is 42.8 Å². The van der Waals surface area contributed by atoms with Gasteiger partial charge in [0.1, 0.15) is 5.82 Å². The van der Waals surface area contributed by atoms with Crippen molar-refractivity contribution in [3.05, 3.63) is 59.4 Å². The lowest BCUT2D eigenvalue weighted by molar-refractivity contribution is 0.102. The van der Waals surface area contributed by atoms with Crippen molar-refractivity contribution in [3.8, 4) is 0 Å². The van der Waals surface area contributed by atoms with Crippen LogP contribution in [0.4, 0.5) is 15.8 Å². The Bertz CT molecular complexity index is 638. The van der Waals surface area contributed by atoms with Crippen LogP contribution in [0.5, 0.6) is 0 Å². The SMILES string of the molecule is Cc1cc(C(=O)Nc2ccccc2F)ccc1N(C)C. The molecule has 0 fully saturated rings. The average Bonchev–Trinajstić information content (AvgIpc) is 2.40. The fraction of sp³-hybridized carbons (Fsp3) is 0.188. The Balaban J connectivity index is 2.22. The molecule has 1 amide bonds. The van der Waals surface area contributed by atoms with Crippen LogP contribution in [0.3, 0.4) is 0 Å². The quantitative estimate of drug-likeness (QED) is 0.928. The minimum atomic E-state index is -0.442. The van der Waals surface area contributed by atoms with Gasteiger partial charge in [0.15, 0.2) is 0 Å². The predicted octanol–water partition coefficient (Wildman–Crippen LogP) is 3.45. The van der Waals surface area contributed by atoms with Gasteiger partial charge in [0.25, 0.3) is 5.91 Å². The number of carbonyl (C=O) groups excluding carboxylic acids is 1. The average molecular weight is 272 g/mol. The molecule has 0 heterocycles. The van der Waals surface area contributed by atoms with Crippen LogP contribution in [0, 0.1) is 12.7 Å². The van der Waals surface area contributed by atoms with E-state index in [0.29, 0.717) is 5.56 Å². The van der Waals surface area contributed by atoms with Gasteiger partial charge in [-0.3, -0.25) is 4.79 Å². The molecule has 20 heavy (non-hydrogen) atoms. The summed E-state index contributed by atoms with van der Waals surface area (Å²) in [7, 11) is 3.89. The predicted molar refractivity (Wildman–Crippen MR) is 79.9 cm³/mol. The van der Waals surface area contributed by atoms with E-state index in [9.17, 15) is 9.18 Å². The monoisotopic (exact) mass is 272 g/mol. The molecule has 0 saturated heterocycles. The Kier molecular flexibility index (Phi) is 4.03. The second-order valence-corrected chi connectivity index (χ2v) is 4.83. The Morgan fingerprint density at radius 1 is 1.15 bits per heavy atom. The molecule has 0 unspecified atom stereocenters. The lowest BCUT2D eigenvalue weighted by atomic mass is 10.1. The standard InChI is InChI=1S/C16H17FN2O/c1-11-10-12(8-9-15(11)19(2)3)16(20)18-14-7-5-4-6-13(14)17/h4-10H,1-3H3,(H,18,20). The van der Waals surface area contributed by atoms with E-state index in [1.807, 2.05) is 32.0 Å². The summed E-state index contributed by atoms with van der Waals surface area (Å²) in [5.41, 5.74) is 2.74. The van der Waals surface area contributed by atoms with Crippen LogP contribution in [-0.4, -0.2) is 20.0 Å². The number of hydrogen-bond donors (Lipinski definition) is 1. The fourth-order valence-corrected chi connectivity index (χ4v) is 2.06. The van der Waals surface area contributed by atoms with Crippen molar-refractivity contribution in [3.63, 3.8) is 0 Å². The third kappa shape index (κ3) is 2.96. The van der Waals surface area contributed by atoms with Crippen molar-refractivity contribution < 1.29 is 9.18 Å². The molecule has 0 spiro atoms. The zero-order chi connectivity index (χ0) is 14.7. The highest BCUT2D eigenvalue weighted by Gasteiger charge is 2.10. The van der Waals surface area contributed by atoms with Gasteiger partial charge >= 0.3 is 0 Å². The Hall–Kier alpha value is -2.36. The van der Waals surface area contributed by atoms with Gasteiger partial charge in [-0.25, -0.2) is 4.39 Å². The number of halogens is 1. The smallest absolute Gasteiger partial charge is 0.255 e. The number of amides is 1. The minimum Gasteiger partial charge on any atom is -0.377 e. The summed E-state index contributed by atoms with van der Waals surface area (Å²) in [6, 6.07) is 11.5. The van der Waals surface area contributed by atoms with Crippen LogP contribution in [-0.2, 0) is 0 Å². The van der Waals surface area contributed by atoms with Gasteiger partial charge < -0.3 is 10.2 Å². The maximum absolute atomic E-state index is 13.5. The maximum Gasteiger partial charge on any atom is 0.255 e. The number of nitrogens with zero attached hydrogens (tertiary/aromatic N) is 1. The summed E-state index contributed by atoms with van der Waals surface area (Å²) in [6.45, 7) is 1.94. The van der Waals surface area contributed by atoms with Crippen LogP contribution in [0.15, 0.2) is 42.5 Å². The van der Waals surface area contributed by atoms with Crippen LogP contribution in [0.2, 0.25) is 0 Å². The molecule has 0 aliphatic heterocycles. The topological polar surface area (TPSA) is 32.3 Å². The van der Waals surface area contributed by atoms with Gasteiger partial charge in [0.05, 0.1) is 5.69 Å². The number of anilines is 2. The molecular weight excluding hydrogens is 255 g/mol. The van der Waals surface area contributed by atoms with E-state index < -0.39 is 5.82 Å². The van der Waals surface area contributed by atoms with Crippen LogP contribution < -0.4 is 10.2 Å². The van der Waals surface area contributed by atoms with Gasteiger partial charge in [0, 0.05) is 25.3 Å².